The monoisotopic (exact) mass is 334 g/mol. The third kappa shape index (κ3) is 3.35. The van der Waals surface area contributed by atoms with E-state index >= 15 is 0 Å². The molecule has 2 rings (SSSR count). The van der Waals surface area contributed by atoms with Crippen LogP contribution in [0.1, 0.15) is 5.56 Å². The molecule has 0 aliphatic carbocycles. The maximum absolute atomic E-state index is 12.5. The minimum Gasteiger partial charge on any atom is -0.398 e. The first-order valence-electron chi connectivity index (χ1n) is 6.26. The summed E-state index contributed by atoms with van der Waals surface area (Å²) in [6.45, 7) is 1.98. The Balaban J connectivity index is 2.23. The van der Waals surface area contributed by atoms with Gasteiger partial charge >= 0.3 is 0 Å². The Morgan fingerprint density at radius 3 is 2.00 bits per heavy atom. The van der Waals surface area contributed by atoms with Crippen LogP contribution < -0.4 is 10.9 Å². The molecule has 118 valence electrons. The number of sulfonamides is 1. The fraction of sp³-hybridized carbons (Fsp3) is 0.455. The lowest BCUT2D eigenvalue weighted by Crippen LogP contribution is -2.52. The van der Waals surface area contributed by atoms with E-state index in [4.69, 9.17) is 10.9 Å². The van der Waals surface area contributed by atoms with E-state index in [9.17, 15) is 16.8 Å². The molecule has 0 unspecified atom stereocenters. The zero-order valence-corrected chi connectivity index (χ0v) is 13.2. The molecule has 10 heteroatoms. The number of nitrogen functional groups attached to an aromatic ring is 1. The van der Waals surface area contributed by atoms with Gasteiger partial charge in [0.25, 0.3) is 10.2 Å². The van der Waals surface area contributed by atoms with Crippen molar-refractivity contribution in [2.75, 3.05) is 31.9 Å². The van der Waals surface area contributed by atoms with Crippen LogP contribution in [0, 0.1) is 6.92 Å². The molecule has 0 radical (unpaired) electrons. The van der Waals surface area contributed by atoms with Crippen LogP contribution in [-0.2, 0) is 20.2 Å². The maximum atomic E-state index is 12.5. The van der Waals surface area contributed by atoms with Gasteiger partial charge in [0.05, 0.1) is 5.69 Å². The predicted octanol–water partition coefficient (Wildman–Crippen LogP) is -0.913. The van der Waals surface area contributed by atoms with Crippen LogP contribution in [0.25, 0.3) is 0 Å². The minimum absolute atomic E-state index is 0.0316. The first-order valence-corrected chi connectivity index (χ1v) is 9.21. The van der Waals surface area contributed by atoms with Gasteiger partial charge in [-0.15, -0.1) is 0 Å². The van der Waals surface area contributed by atoms with Crippen molar-refractivity contribution in [3.63, 3.8) is 0 Å². The van der Waals surface area contributed by atoms with Gasteiger partial charge in [-0.1, -0.05) is 6.07 Å². The van der Waals surface area contributed by atoms with Crippen molar-refractivity contribution in [3.05, 3.63) is 23.8 Å². The Morgan fingerprint density at radius 2 is 1.52 bits per heavy atom. The van der Waals surface area contributed by atoms with Gasteiger partial charge in [0.2, 0.25) is 10.0 Å². The minimum atomic E-state index is -3.79. The number of hydrogen-bond donors (Lipinski definition) is 2. The molecule has 8 nitrogen and oxygen atoms in total. The summed E-state index contributed by atoms with van der Waals surface area (Å²) in [7, 11) is -7.52. The summed E-state index contributed by atoms with van der Waals surface area (Å²) >= 11 is 0. The van der Waals surface area contributed by atoms with Crippen LogP contribution in [-0.4, -0.2) is 51.6 Å². The van der Waals surface area contributed by atoms with E-state index in [0.29, 0.717) is 0 Å². The molecule has 0 amide bonds. The molecule has 1 aliphatic rings. The van der Waals surface area contributed by atoms with E-state index < -0.39 is 20.2 Å². The Bertz CT molecular complexity index is 737. The number of hydrogen-bond acceptors (Lipinski definition) is 5. The zero-order chi connectivity index (χ0) is 15.8. The Hall–Kier alpha value is -1.20. The number of benzene rings is 1. The third-order valence-electron chi connectivity index (χ3n) is 3.34. The summed E-state index contributed by atoms with van der Waals surface area (Å²) < 4.78 is 49.8. The quantitative estimate of drug-likeness (QED) is 0.692. The second kappa shape index (κ2) is 5.54. The number of rotatable bonds is 3. The van der Waals surface area contributed by atoms with Crippen molar-refractivity contribution in [1.82, 2.24) is 8.61 Å². The molecule has 0 saturated carbocycles. The smallest absolute Gasteiger partial charge is 0.276 e. The highest BCUT2D eigenvalue weighted by Gasteiger charge is 2.32. The lowest BCUT2D eigenvalue weighted by molar-refractivity contribution is 0.273. The van der Waals surface area contributed by atoms with E-state index in [-0.39, 0.29) is 36.8 Å². The standard InChI is InChI=1S/C11H18N4O4S2/c1-9-2-3-11(10(12)8-9)20(16,17)14-4-6-15(7-5-14)21(13,18)19/h2-3,8H,4-7,12H2,1H3,(H2,13,18,19). The van der Waals surface area contributed by atoms with Gasteiger partial charge in [0.1, 0.15) is 4.90 Å². The summed E-state index contributed by atoms with van der Waals surface area (Å²) in [6.07, 6.45) is 0. The van der Waals surface area contributed by atoms with E-state index in [2.05, 4.69) is 0 Å². The van der Waals surface area contributed by atoms with Gasteiger partial charge in [0, 0.05) is 26.2 Å². The van der Waals surface area contributed by atoms with Crippen LogP contribution in [0.2, 0.25) is 0 Å². The van der Waals surface area contributed by atoms with Gasteiger partial charge in [-0.25, -0.2) is 13.6 Å². The van der Waals surface area contributed by atoms with Crippen LogP contribution in [0.15, 0.2) is 23.1 Å². The summed E-state index contributed by atoms with van der Waals surface area (Å²) in [5.41, 5.74) is 6.83. The second-order valence-electron chi connectivity index (χ2n) is 4.89. The average molecular weight is 334 g/mol. The number of nitrogens with zero attached hydrogens (tertiary/aromatic N) is 2. The van der Waals surface area contributed by atoms with Gasteiger partial charge < -0.3 is 5.73 Å². The number of nitrogens with two attached hydrogens (primary N) is 2. The molecule has 0 spiro atoms. The molecule has 0 aromatic heterocycles. The highest BCUT2D eigenvalue weighted by atomic mass is 32.2. The fourth-order valence-electron chi connectivity index (χ4n) is 2.21. The summed E-state index contributed by atoms with van der Waals surface area (Å²) in [5, 5.41) is 5.03. The average Bonchev–Trinajstić information content (AvgIpc) is 2.37. The maximum Gasteiger partial charge on any atom is 0.276 e. The Morgan fingerprint density at radius 1 is 1.00 bits per heavy atom. The molecule has 0 bridgehead atoms. The predicted molar refractivity (Wildman–Crippen MR) is 79.0 cm³/mol. The molecule has 4 N–H and O–H groups in total. The normalized spacial score (nSPS) is 18.8. The van der Waals surface area contributed by atoms with Crippen LogP contribution in [0.5, 0.6) is 0 Å². The summed E-state index contributed by atoms with van der Waals surface area (Å²) in [6, 6.07) is 4.73. The Kier molecular flexibility index (Phi) is 4.26. The van der Waals surface area contributed by atoms with Crippen LogP contribution in [0.3, 0.4) is 0 Å². The third-order valence-corrected chi connectivity index (χ3v) is 6.40. The molecule has 1 aromatic carbocycles. The first kappa shape index (κ1) is 16.2. The molecule has 0 atom stereocenters. The first-order chi connectivity index (χ1) is 9.62. The van der Waals surface area contributed by atoms with Gasteiger partial charge in [0.15, 0.2) is 0 Å². The van der Waals surface area contributed by atoms with E-state index in [1.807, 2.05) is 6.92 Å². The highest BCUT2D eigenvalue weighted by Crippen LogP contribution is 2.24. The molecule has 21 heavy (non-hydrogen) atoms. The lowest BCUT2D eigenvalue weighted by atomic mass is 10.2. The van der Waals surface area contributed by atoms with Crippen molar-refractivity contribution in [2.45, 2.75) is 11.8 Å². The molecule has 1 heterocycles. The summed E-state index contributed by atoms with van der Waals surface area (Å²) in [4.78, 5) is 0.0390. The van der Waals surface area contributed by atoms with Gasteiger partial charge in [-0.2, -0.15) is 17.0 Å². The van der Waals surface area contributed by atoms with Crippen LogP contribution in [0.4, 0.5) is 5.69 Å². The van der Waals surface area contributed by atoms with Gasteiger partial charge in [-0.3, -0.25) is 0 Å². The SMILES string of the molecule is Cc1ccc(S(=O)(=O)N2CCN(S(N)(=O)=O)CC2)c(N)c1. The number of aryl methyl sites for hydroxylation is 1. The molecule has 1 saturated heterocycles. The number of piperazine rings is 1. The van der Waals surface area contributed by atoms with Gasteiger partial charge in [-0.05, 0) is 24.6 Å². The molecule has 1 aromatic rings. The zero-order valence-electron chi connectivity index (χ0n) is 11.6. The van der Waals surface area contributed by atoms with E-state index in [1.54, 1.807) is 12.1 Å². The molecule has 1 aliphatic heterocycles. The topological polar surface area (TPSA) is 127 Å². The lowest BCUT2D eigenvalue weighted by Gasteiger charge is -2.32. The van der Waals surface area contributed by atoms with Crippen LogP contribution >= 0.6 is 0 Å². The van der Waals surface area contributed by atoms with Crippen molar-refractivity contribution >= 4 is 25.9 Å². The fourth-order valence-corrected chi connectivity index (χ4v) is 4.40. The van der Waals surface area contributed by atoms with Crippen molar-refractivity contribution < 1.29 is 16.8 Å². The Labute approximate surface area is 124 Å². The van der Waals surface area contributed by atoms with Crippen molar-refractivity contribution in [1.29, 1.82) is 0 Å². The number of anilines is 1. The molecular formula is C11H18N4O4S2. The molecule has 1 fully saturated rings. The molecular weight excluding hydrogens is 316 g/mol. The van der Waals surface area contributed by atoms with Crippen molar-refractivity contribution in [2.24, 2.45) is 5.14 Å². The van der Waals surface area contributed by atoms with E-state index in [1.165, 1.54) is 10.4 Å². The van der Waals surface area contributed by atoms with E-state index in [0.717, 1.165) is 9.87 Å². The summed E-state index contributed by atoms with van der Waals surface area (Å²) in [5.74, 6) is 0. The second-order valence-corrected chi connectivity index (χ2v) is 8.34. The van der Waals surface area contributed by atoms with Crippen molar-refractivity contribution in [3.8, 4) is 0 Å². The highest BCUT2D eigenvalue weighted by molar-refractivity contribution is 7.89. The largest absolute Gasteiger partial charge is 0.398 e.